The molecular formula is C24H38O3. The van der Waals surface area contributed by atoms with E-state index in [1.165, 1.54) is 51.4 Å². The van der Waals surface area contributed by atoms with Gasteiger partial charge in [-0.15, -0.1) is 0 Å². The number of carbonyl (C=O) groups is 2. The lowest BCUT2D eigenvalue weighted by molar-refractivity contribution is -0.158. The average molecular weight is 375 g/mol. The van der Waals surface area contributed by atoms with Crippen molar-refractivity contribution in [2.75, 3.05) is 0 Å². The van der Waals surface area contributed by atoms with E-state index in [4.69, 9.17) is 5.11 Å². The molecule has 4 fully saturated rings. The van der Waals surface area contributed by atoms with Crippen molar-refractivity contribution in [3.8, 4) is 0 Å². The fourth-order valence-electron chi connectivity index (χ4n) is 8.63. The van der Waals surface area contributed by atoms with Gasteiger partial charge in [0.1, 0.15) is 5.78 Å². The fourth-order valence-corrected chi connectivity index (χ4v) is 8.63. The summed E-state index contributed by atoms with van der Waals surface area (Å²) in [5, 5.41) is 9.08. The molecule has 0 aromatic carbocycles. The molecule has 0 saturated heterocycles. The largest absolute Gasteiger partial charge is 0.481 e. The van der Waals surface area contributed by atoms with Gasteiger partial charge in [0.2, 0.25) is 0 Å². The standard InChI is InChI=1S/C24H38O3/c1-15(7-12-21(26)27)18-10-11-19-17-9-8-16-6-4-5-13-23(16,2)22(17)20(25)14-24(18,19)3/h15-19,22H,4-14H2,1-3H3,(H,26,27)/t15-,16+,17?,18-,19?,22?,23+,24-/m1/s1. The first-order valence-electron chi connectivity index (χ1n) is 11.5. The zero-order valence-corrected chi connectivity index (χ0v) is 17.5. The van der Waals surface area contributed by atoms with Gasteiger partial charge in [0, 0.05) is 18.8 Å². The van der Waals surface area contributed by atoms with E-state index in [0.717, 1.165) is 18.8 Å². The molecule has 4 aliphatic rings. The lowest BCUT2D eigenvalue weighted by atomic mass is 9.44. The number of rotatable bonds is 4. The second kappa shape index (κ2) is 6.88. The van der Waals surface area contributed by atoms with Crippen LogP contribution in [0.15, 0.2) is 0 Å². The Hall–Kier alpha value is -0.860. The van der Waals surface area contributed by atoms with E-state index in [9.17, 15) is 9.59 Å². The Morgan fingerprint density at radius 2 is 1.89 bits per heavy atom. The van der Waals surface area contributed by atoms with Crippen molar-refractivity contribution in [2.45, 2.75) is 91.4 Å². The van der Waals surface area contributed by atoms with Crippen LogP contribution in [0.3, 0.4) is 0 Å². The third-order valence-corrected chi connectivity index (χ3v) is 9.84. The van der Waals surface area contributed by atoms with E-state index in [1.807, 2.05) is 0 Å². The summed E-state index contributed by atoms with van der Waals surface area (Å²) < 4.78 is 0. The molecule has 0 spiro atoms. The lowest BCUT2D eigenvalue weighted by Gasteiger charge is -2.59. The van der Waals surface area contributed by atoms with Gasteiger partial charge in [-0.1, -0.05) is 33.6 Å². The van der Waals surface area contributed by atoms with Crippen LogP contribution in [-0.2, 0) is 9.59 Å². The predicted molar refractivity (Wildman–Crippen MR) is 106 cm³/mol. The van der Waals surface area contributed by atoms with Gasteiger partial charge in [-0.3, -0.25) is 9.59 Å². The van der Waals surface area contributed by atoms with Gasteiger partial charge in [0.25, 0.3) is 0 Å². The first-order chi connectivity index (χ1) is 12.8. The molecule has 8 atom stereocenters. The number of fused-ring (bicyclic) bond motifs is 5. The van der Waals surface area contributed by atoms with Crippen molar-refractivity contribution in [3.05, 3.63) is 0 Å². The van der Waals surface area contributed by atoms with Crippen molar-refractivity contribution in [1.82, 2.24) is 0 Å². The molecule has 0 aliphatic heterocycles. The van der Waals surface area contributed by atoms with E-state index < -0.39 is 5.97 Å². The molecule has 0 aromatic heterocycles. The molecule has 4 aliphatic carbocycles. The van der Waals surface area contributed by atoms with Gasteiger partial charge in [-0.05, 0) is 85.4 Å². The molecule has 4 saturated carbocycles. The molecule has 0 heterocycles. The van der Waals surface area contributed by atoms with E-state index in [2.05, 4.69) is 20.8 Å². The van der Waals surface area contributed by atoms with Crippen LogP contribution >= 0.6 is 0 Å². The van der Waals surface area contributed by atoms with Crippen LogP contribution in [0.4, 0.5) is 0 Å². The van der Waals surface area contributed by atoms with Crippen molar-refractivity contribution in [3.63, 3.8) is 0 Å². The summed E-state index contributed by atoms with van der Waals surface area (Å²) in [6, 6.07) is 0. The first kappa shape index (κ1) is 19.5. The highest BCUT2D eigenvalue weighted by atomic mass is 16.4. The molecule has 0 bridgehead atoms. The Bertz CT molecular complexity index is 613. The molecule has 1 N–H and O–H groups in total. The molecule has 27 heavy (non-hydrogen) atoms. The molecule has 4 rings (SSSR count). The van der Waals surface area contributed by atoms with Crippen molar-refractivity contribution >= 4 is 11.8 Å². The summed E-state index contributed by atoms with van der Waals surface area (Å²) in [6.07, 6.45) is 12.1. The van der Waals surface area contributed by atoms with Gasteiger partial charge in [-0.2, -0.15) is 0 Å². The van der Waals surface area contributed by atoms with Gasteiger partial charge in [0.05, 0.1) is 0 Å². The minimum atomic E-state index is -0.690. The molecule has 3 unspecified atom stereocenters. The number of hydrogen-bond acceptors (Lipinski definition) is 2. The lowest BCUT2D eigenvalue weighted by Crippen LogP contribution is -2.57. The zero-order chi connectivity index (χ0) is 19.4. The number of aliphatic carboxylic acids is 1. The SMILES string of the molecule is C[C@H](CCC(=O)O)[C@H]1CCC2C3CC[C@@H]4CCCC[C@]4(C)C3C(=O)C[C@@]21C. The Labute approximate surface area is 164 Å². The molecule has 0 amide bonds. The Morgan fingerprint density at radius 3 is 2.63 bits per heavy atom. The van der Waals surface area contributed by atoms with E-state index in [1.54, 1.807) is 0 Å². The summed E-state index contributed by atoms with van der Waals surface area (Å²) in [6.45, 7) is 7.07. The fraction of sp³-hybridized carbons (Fsp3) is 0.917. The summed E-state index contributed by atoms with van der Waals surface area (Å²) in [4.78, 5) is 24.6. The Kier molecular flexibility index (Phi) is 4.96. The zero-order valence-electron chi connectivity index (χ0n) is 17.5. The second-order valence-corrected chi connectivity index (χ2v) is 11.0. The third-order valence-electron chi connectivity index (χ3n) is 9.84. The van der Waals surface area contributed by atoms with Crippen molar-refractivity contribution < 1.29 is 14.7 Å². The summed E-state index contributed by atoms with van der Waals surface area (Å²) in [7, 11) is 0. The summed E-state index contributed by atoms with van der Waals surface area (Å²) in [5.74, 6) is 3.14. The van der Waals surface area contributed by atoms with Gasteiger partial charge >= 0.3 is 5.97 Å². The second-order valence-electron chi connectivity index (χ2n) is 11.0. The topological polar surface area (TPSA) is 54.4 Å². The maximum Gasteiger partial charge on any atom is 0.303 e. The monoisotopic (exact) mass is 374 g/mol. The van der Waals surface area contributed by atoms with Crippen molar-refractivity contribution in [1.29, 1.82) is 0 Å². The highest BCUT2D eigenvalue weighted by Gasteiger charge is 2.63. The van der Waals surface area contributed by atoms with Crippen LogP contribution in [0.5, 0.6) is 0 Å². The normalized spacial score (nSPS) is 47.7. The summed E-state index contributed by atoms with van der Waals surface area (Å²) in [5.41, 5.74) is 0.362. The number of Topliss-reactive ketones (excluding diaryl/α,β-unsaturated/α-hetero) is 1. The molecule has 3 nitrogen and oxygen atoms in total. The highest BCUT2D eigenvalue weighted by molar-refractivity contribution is 5.84. The van der Waals surface area contributed by atoms with Gasteiger partial charge < -0.3 is 5.11 Å². The van der Waals surface area contributed by atoms with Gasteiger partial charge in [0.15, 0.2) is 0 Å². The van der Waals surface area contributed by atoms with Crippen LogP contribution in [0.25, 0.3) is 0 Å². The van der Waals surface area contributed by atoms with E-state index in [0.29, 0.717) is 35.4 Å². The van der Waals surface area contributed by atoms with E-state index in [-0.39, 0.29) is 17.3 Å². The first-order valence-corrected chi connectivity index (χ1v) is 11.5. The molecule has 0 radical (unpaired) electrons. The number of hydrogen-bond donors (Lipinski definition) is 1. The molecule has 0 aromatic rings. The number of carboxylic acids is 1. The quantitative estimate of drug-likeness (QED) is 0.685. The van der Waals surface area contributed by atoms with Crippen LogP contribution in [0.1, 0.15) is 91.4 Å². The third kappa shape index (κ3) is 2.99. The average Bonchev–Trinajstić information content (AvgIpc) is 2.95. The minimum Gasteiger partial charge on any atom is -0.481 e. The maximum atomic E-state index is 13.6. The van der Waals surface area contributed by atoms with Crippen LogP contribution < -0.4 is 0 Å². The minimum absolute atomic E-state index is 0.105. The molecule has 152 valence electrons. The van der Waals surface area contributed by atoms with Gasteiger partial charge in [-0.25, -0.2) is 0 Å². The maximum absolute atomic E-state index is 13.6. The van der Waals surface area contributed by atoms with Crippen LogP contribution in [0, 0.1) is 46.3 Å². The van der Waals surface area contributed by atoms with E-state index >= 15 is 0 Å². The molecular weight excluding hydrogens is 336 g/mol. The van der Waals surface area contributed by atoms with Crippen LogP contribution in [0.2, 0.25) is 0 Å². The molecule has 3 heteroatoms. The number of carboxylic acid groups (broad SMARTS) is 1. The summed E-state index contributed by atoms with van der Waals surface area (Å²) >= 11 is 0. The number of carbonyl (C=O) groups excluding carboxylic acids is 1. The van der Waals surface area contributed by atoms with Crippen LogP contribution in [-0.4, -0.2) is 16.9 Å². The highest BCUT2D eigenvalue weighted by Crippen LogP contribution is 2.67. The number of ketones is 1. The Morgan fingerprint density at radius 1 is 1.11 bits per heavy atom. The Balaban J connectivity index is 1.58. The predicted octanol–water partition coefficient (Wildman–Crippen LogP) is 5.72. The van der Waals surface area contributed by atoms with Crippen molar-refractivity contribution in [2.24, 2.45) is 46.3 Å². The smallest absolute Gasteiger partial charge is 0.303 e.